The van der Waals surface area contributed by atoms with Gasteiger partial charge in [-0.1, -0.05) is 19.9 Å². The molecule has 2 rings (SSSR count). The highest BCUT2D eigenvalue weighted by Crippen LogP contribution is 2.29. The number of anilines is 1. The average Bonchev–Trinajstić information content (AvgIpc) is 2.40. The molecule has 0 bridgehead atoms. The van der Waals surface area contributed by atoms with Crippen molar-refractivity contribution in [2.45, 2.75) is 27.2 Å². The molecule has 1 fully saturated rings. The molecule has 1 aliphatic rings. The van der Waals surface area contributed by atoms with Gasteiger partial charge < -0.3 is 10.0 Å². The molecule has 0 amide bonds. The molecule has 0 radical (unpaired) electrons. The Morgan fingerprint density at radius 1 is 1.35 bits per heavy atom. The zero-order valence-corrected chi connectivity index (χ0v) is 12.5. The first kappa shape index (κ1) is 14.6. The Kier molecular flexibility index (Phi) is 4.48. The highest BCUT2D eigenvalue weighted by Gasteiger charge is 2.23. The molecule has 1 heterocycles. The zero-order valence-electron chi connectivity index (χ0n) is 12.5. The van der Waals surface area contributed by atoms with E-state index in [9.17, 15) is 4.79 Å². The van der Waals surface area contributed by atoms with Gasteiger partial charge in [0.2, 0.25) is 0 Å². The Morgan fingerprint density at radius 3 is 2.70 bits per heavy atom. The van der Waals surface area contributed by atoms with Gasteiger partial charge >= 0.3 is 5.97 Å². The van der Waals surface area contributed by atoms with Crippen molar-refractivity contribution in [1.82, 2.24) is 0 Å². The summed E-state index contributed by atoms with van der Waals surface area (Å²) in [6, 6.07) is 6.15. The van der Waals surface area contributed by atoms with Gasteiger partial charge in [0.25, 0.3) is 0 Å². The minimum Gasteiger partial charge on any atom is -0.478 e. The van der Waals surface area contributed by atoms with Crippen molar-refractivity contribution >= 4 is 17.7 Å². The average molecular weight is 273 g/mol. The molecule has 1 saturated heterocycles. The molecule has 1 N–H and O–H groups in total. The first-order chi connectivity index (χ1) is 9.47. The van der Waals surface area contributed by atoms with Crippen molar-refractivity contribution in [2.75, 3.05) is 18.0 Å². The number of carboxylic acid groups (broad SMARTS) is 1. The molecule has 0 aromatic heterocycles. The molecule has 1 aromatic rings. The second-order valence-corrected chi connectivity index (χ2v) is 5.91. The summed E-state index contributed by atoms with van der Waals surface area (Å²) in [4.78, 5) is 13.0. The van der Waals surface area contributed by atoms with Crippen molar-refractivity contribution < 1.29 is 9.90 Å². The Labute approximate surface area is 120 Å². The smallest absolute Gasteiger partial charge is 0.328 e. The second-order valence-electron chi connectivity index (χ2n) is 5.91. The van der Waals surface area contributed by atoms with Gasteiger partial charge in [-0.3, -0.25) is 0 Å². The van der Waals surface area contributed by atoms with E-state index in [2.05, 4.69) is 37.8 Å². The Morgan fingerprint density at radius 2 is 2.10 bits per heavy atom. The van der Waals surface area contributed by atoms with Crippen LogP contribution in [-0.4, -0.2) is 24.2 Å². The van der Waals surface area contributed by atoms with Crippen LogP contribution in [0.1, 0.15) is 31.4 Å². The van der Waals surface area contributed by atoms with E-state index >= 15 is 0 Å². The van der Waals surface area contributed by atoms with E-state index in [1.807, 2.05) is 6.07 Å². The van der Waals surface area contributed by atoms with Gasteiger partial charge in [0.1, 0.15) is 0 Å². The minimum absolute atomic E-state index is 0.717. The lowest BCUT2D eigenvalue weighted by molar-refractivity contribution is -0.131. The molecule has 0 saturated carbocycles. The predicted octanol–water partition coefficient (Wildman–Crippen LogP) is 3.58. The maximum Gasteiger partial charge on any atom is 0.328 e. The molecule has 2 atom stereocenters. The Bertz CT molecular complexity index is 522. The molecular weight excluding hydrogens is 250 g/mol. The van der Waals surface area contributed by atoms with Gasteiger partial charge in [-0.25, -0.2) is 4.79 Å². The molecule has 2 unspecified atom stereocenters. The lowest BCUT2D eigenvalue weighted by Crippen LogP contribution is -2.38. The fourth-order valence-corrected chi connectivity index (χ4v) is 2.79. The second kappa shape index (κ2) is 6.12. The van der Waals surface area contributed by atoms with E-state index in [0.29, 0.717) is 0 Å². The Balaban J connectivity index is 2.15. The third kappa shape index (κ3) is 3.41. The SMILES string of the molecule is Cc1cc(/C=C/C(=O)O)ccc1N1CCC(C)C(C)C1. The molecule has 3 nitrogen and oxygen atoms in total. The quantitative estimate of drug-likeness (QED) is 0.856. The predicted molar refractivity (Wildman–Crippen MR) is 83.0 cm³/mol. The molecule has 0 aliphatic carbocycles. The van der Waals surface area contributed by atoms with Crippen LogP contribution in [0, 0.1) is 18.8 Å². The third-order valence-electron chi connectivity index (χ3n) is 4.31. The molecule has 20 heavy (non-hydrogen) atoms. The number of hydrogen-bond donors (Lipinski definition) is 1. The van der Waals surface area contributed by atoms with E-state index in [-0.39, 0.29) is 0 Å². The Hall–Kier alpha value is -1.77. The molecule has 1 aromatic carbocycles. The van der Waals surface area contributed by atoms with Gasteiger partial charge in [-0.05, 0) is 54.5 Å². The number of hydrogen-bond acceptors (Lipinski definition) is 2. The fourth-order valence-electron chi connectivity index (χ4n) is 2.79. The standard InChI is InChI=1S/C17H23NO2/c1-12-8-9-18(11-14(12)3)16-6-4-15(10-13(16)2)5-7-17(19)20/h4-7,10,12,14H,8-9,11H2,1-3H3,(H,19,20)/b7-5+. The molecule has 0 spiro atoms. The van der Waals surface area contributed by atoms with Gasteiger partial charge in [-0.15, -0.1) is 0 Å². The number of rotatable bonds is 3. The van der Waals surface area contributed by atoms with E-state index in [1.165, 1.54) is 23.7 Å². The summed E-state index contributed by atoms with van der Waals surface area (Å²) < 4.78 is 0. The first-order valence-electron chi connectivity index (χ1n) is 7.24. The van der Waals surface area contributed by atoms with Gasteiger partial charge in [-0.2, -0.15) is 0 Å². The van der Waals surface area contributed by atoms with Gasteiger partial charge in [0.15, 0.2) is 0 Å². The van der Waals surface area contributed by atoms with Crippen molar-refractivity contribution in [3.05, 3.63) is 35.4 Å². The van der Waals surface area contributed by atoms with Crippen LogP contribution in [-0.2, 0) is 4.79 Å². The molecule has 108 valence electrons. The summed E-state index contributed by atoms with van der Waals surface area (Å²) in [5.74, 6) is 0.602. The number of nitrogens with zero attached hydrogens (tertiary/aromatic N) is 1. The van der Waals surface area contributed by atoms with Crippen LogP contribution in [0.3, 0.4) is 0 Å². The number of aliphatic carboxylic acids is 1. The van der Waals surface area contributed by atoms with Crippen molar-refractivity contribution in [3.63, 3.8) is 0 Å². The highest BCUT2D eigenvalue weighted by molar-refractivity contribution is 5.85. The van der Waals surface area contributed by atoms with Crippen LogP contribution in [0.25, 0.3) is 6.08 Å². The number of benzene rings is 1. The van der Waals surface area contributed by atoms with Crippen LogP contribution in [0.15, 0.2) is 24.3 Å². The summed E-state index contributed by atoms with van der Waals surface area (Å²) in [6.07, 6.45) is 4.06. The topological polar surface area (TPSA) is 40.5 Å². The van der Waals surface area contributed by atoms with Crippen LogP contribution in [0.2, 0.25) is 0 Å². The van der Waals surface area contributed by atoms with E-state index in [4.69, 9.17) is 5.11 Å². The summed E-state index contributed by atoms with van der Waals surface area (Å²) in [5.41, 5.74) is 3.42. The summed E-state index contributed by atoms with van der Waals surface area (Å²) in [6.45, 7) is 8.95. The lowest BCUT2D eigenvalue weighted by atomic mass is 9.88. The summed E-state index contributed by atoms with van der Waals surface area (Å²) >= 11 is 0. The number of carbonyl (C=O) groups is 1. The molecular formula is C17H23NO2. The summed E-state index contributed by atoms with van der Waals surface area (Å²) in [5, 5.41) is 8.66. The highest BCUT2D eigenvalue weighted by atomic mass is 16.4. The largest absolute Gasteiger partial charge is 0.478 e. The number of piperidine rings is 1. The van der Waals surface area contributed by atoms with Crippen LogP contribution < -0.4 is 4.90 Å². The molecule has 3 heteroatoms. The van der Waals surface area contributed by atoms with E-state index in [0.717, 1.165) is 30.5 Å². The van der Waals surface area contributed by atoms with Crippen molar-refractivity contribution in [1.29, 1.82) is 0 Å². The zero-order chi connectivity index (χ0) is 14.7. The molecule has 1 aliphatic heterocycles. The fraction of sp³-hybridized carbons (Fsp3) is 0.471. The van der Waals surface area contributed by atoms with Crippen LogP contribution >= 0.6 is 0 Å². The lowest BCUT2D eigenvalue weighted by Gasteiger charge is -2.37. The number of aryl methyl sites for hydroxylation is 1. The maximum atomic E-state index is 10.5. The van der Waals surface area contributed by atoms with Crippen molar-refractivity contribution in [2.24, 2.45) is 11.8 Å². The first-order valence-corrected chi connectivity index (χ1v) is 7.24. The maximum absolute atomic E-state index is 10.5. The van der Waals surface area contributed by atoms with Crippen LogP contribution in [0.5, 0.6) is 0 Å². The third-order valence-corrected chi connectivity index (χ3v) is 4.31. The monoisotopic (exact) mass is 273 g/mol. The van der Waals surface area contributed by atoms with Gasteiger partial charge in [0.05, 0.1) is 0 Å². The van der Waals surface area contributed by atoms with E-state index in [1.54, 1.807) is 6.08 Å². The van der Waals surface area contributed by atoms with Crippen molar-refractivity contribution in [3.8, 4) is 0 Å². The normalized spacial score (nSPS) is 23.2. The van der Waals surface area contributed by atoms with Gasteiger partial charge in [0, 0.05) is 24.9 Å². The summed E-state index contributed by atoms with van der Waals surface area (Å²) in [7, 11) is 0. The minimum atomic E-state index is -0.912. The number of carboxylic acids is 1. The van der Waals surface area contributed by atoms with E-state index < -0.39 is 5.97 Å². The van der Waals surface area contributed by atoms with Crippen LogP contribution in [0.4, 0.5) is 5.69 Å².